The van der Waals surface area contributed by atoms with Crippen molar-refractivity contribution in [2.45, 2.75) is 12.8 Å². The lowest BCUT2D eigenvalue weighted by Gasteiger charge is -2.10. The van der Waals surface area contributed by atoms with Crippen molar-refractivity contribution in [1.29, 1.82) is 0 Å². The first kappa shape index (κ1) is 11.3. The Kier molecular flexibility index (Phi) is 3.75. The molecule has 0 aromatic heterocycles. The van der Waals surface area contributed by atoms with Crippen molar-refractivity contribution in [3.63, 3.8) is 0 Å². The van der Waals surface area contributed by atoms with Gasteiger partial charge in [-0.25, -0.2) is 0 Å². The van der Waals surface area contributed by atoms with Gasteiger partial charge in [-0.15, -0.1) is 0 Å². The van der Waals surface area contributed by atoms with E-state index in [0.29, 0.717) is 5.56 Å². The third-order valence-electron chi connectivity index (χ3n) is 1.51. The van der Waals surface area contributed by atoms with Crippen molar-refractivity contribution < 1.29 is 22.8 Å². The van der Waals surface area contributed by atoms with Crippen LogP contribution in [0, 0.1) is 0 Å². The monoisotopic (exact) mass is 222 g/mol. The van der Waals surface area contributed by atoms with Crippen molar-refractivity contribution >= 4 is 7.60 Å². The van der Waals surface area contributed by atoms with Crippen LogP contribution in [0.2, 0.25) is 0 Å². The van der Waals surface area contributed by atoms with Crippen LogP contribution in [-0.4, -0.2) is 11.1 Å². The van der Waals surface area contributed by atoms with Gasteiger partial charge in [-0.1, -0.05) is 30.3 Å². The minimum atomic E-state index is -4.76. The zero-order valence-corrected chi connectivity index (χ0v) is 8.03. The van der Waals surface area contributed by atoms with Crippen LogP contribution in [0.5, 0.6) is 0 Å². The Hall–Kier alpha value is -0.770. The second-order valence-corrected chi connectivity index (χ2v) is 4.38. The maximum atomic E-state index is 11.9. The molecule has 0 fully saturated rings. The van der Waals surface area contributed by atoms with Crippen LogP contribution < -0.4 is 0 Å². The Morgan fingerprint density at radius 3 is 2.43 bits per heavy atom. The van der Waals surface area contributed by atoms with Gasteiger partial charge in [-0.05, 0) is 5.56 Å². The van der Waals surface area contributed by atoms with E-state index in [0.717, 1.165) is 0 Å². The summed E-state index contributed by atoms with van der Waals surface area (Å²) < 4.78 is 38.7. The molecule has 0 aliphatic carbocycles. The molecular weight excluding hydrogens is 213 g/mol. The fraction of sp³-hybridized carbons (Fsp3) is 0.250. The second-order valence-electron chi connectivity index (χ2n) is 2.60. The molecule has 1 unspecified atom stereocenters. The van der Waals surface area contributed by atoms with Crippen LogP contribution in [-0.2, 0) is 15.7 Å². The summed E-state index contributed by atoms with van der Waals surface area (Å²) in [5, 5.41) is 0. The average molecular weight is 222 g/mol. The van der Waals surface area contributed by atoms with Crippen LogP contribution in [0.1, 0.15) is 5.56 Å². The fourth-order valence-electron chi connectivity index (χ4n) is 0.798. The lowest BCUT2D eigenvalue weighted by Crippen LogP contribution is -1.98. The first-order valence-electron chi connectivity index (χ1n) is 3.81. The highest BCUT2D eigenvalue weighted by atomic mass is 31.2. The molecule has 1 atom stereocenters. The molecule has 6 heteroatoms. The number of rotatable bonds is 4. The van der Waals surface area contributed by atoms with E-state index < -0.39 is 13.8 Å². The summed E-state index contributed by atoms with van der Waals surface area (Å²) in [6.45, 7) is -0.293. The third kappa shape index (κ3) is 3.18. The van der Waals surface area contributed by atoms with E-state index in [9.17, 15) is 13.3 Å². The summed E-state index contributed by atoms with van der Waals surface area (Å²) in [5.74, 6) is 0. The maximum absolute atomic E-state index is 11.9. The molecule has 1 aromatic carbocycles. The molecule has 1 aromatic rings. The van der Waals surface area contributed by atoms with E-state index in [4.69, 9.17) is 4.89 Å². The molecule has 0 radical (unpaired) electrons. The molecule has 3 nitrogen and oxygen atoms in total. The van der Waals surface area contributed by atoms with Gasteiger partial charge in [-0.3, -0.25) is 9.09 Å². The summed E-state index contributed by atoms with van der Waals surface area (Å²) in [4.78, 5) is 8.64. The number of hydrogen-bond acceptors (Lipinski definition) is 2. The molecule has 14 heavy (non-hydrogen) atoms. The Bertz CT molecular complexity index is 329. The van der Waals surface area contributed by atoms with E-state index in [-0.39, 0.29) is 6.61 Å². The largest absolute Gasteiger partial charge is 0.394 e. The predicted molar refractivity (Wildman–Crippen MR) is 47.1 cm³/mol. The quantitative estimate of drug-likeness (QED) is 0.796. The molecule has 0 saturated heterocycles. The van der Waals surface area contributed by atoms with E-state index >= 15 is 0 Å². The molecule has 0 saturated carbocycles. The first-order valence-corrected chi connectivity index (χ1v) is 5.46. The van der Waals surface area contributed by atoms with Gasteiger partial charge in [0.25, 0.3) is 0 Å². The van der Waals surface area contributed by atoms with E-state index in [2.05, 4.69) is 4.52 Å². The smallest absolute Gasteiger partial charge is 0.320 e. The molecule has 78 valence electrons. The minimum absolute atomic E-state index is 0.293. The van der Waals surface area contributed by atoms with Crippen LogP contribution in [0.25, 0.3) is 0 Å². The predicted octanol–water partition coefficient (Wildman–Crippen LogP) is 2.61. The topological polar surface area (TPSA) is 46.5 Å². The number of alkyl halides is 2. The van der Waals surface area contributed by atoms with Crippen LogP contribution in [0.4, 0.5) is 8.78 Å². The molecule has 1 rings (SSSR count). The average Bonchev–Trinajstić information content (AvgIpc) is 2.16. The number of benzene rings is 1. The van der Waals surface area contributed by atoms with Crippen molar-refractivity contribution in [3.05, 3.63) is 35.9 Å². The Morgan fingerprint density at radius 1 is 1.36 bits per heavy atom. The maximum Gasteiger partial charge on any atom is 0.394 e. The lowest BCUT2D eigenvalue weighted by molar-refractivity contribution is 0.151. The molecular formula is C8H9F2O3P. The van der Waals surface area contributed by atoms with Gasteiger partial charge < -0.3 is 4.89 Å². The summed E-state index contributed by atoms with van der Waals surface area (Å²) in [6.07, 6.45) is -3.36. The van der Waals surface area contributed by atoms with Crippen molar-refractivity contribution in [2.75, 3.05) is 0 Å². The Morgan fingerprint density at radius 2 is 1.93 bits per heavy atom. The third-order valence-corrected chi connectivity index (χ3v) is 2.50. The van der Waals surface area contributed by atoms with Gasteiger partial charge >= 0.3 is 13.8 Å². The van der Waals surface area contributed by atoms with Crippen molar-refractivity contribution in [2.24, 2.45) is 0 Å². The SMILES string of the molecule is O=P(O)(OCc1ccccc1)C(F)F. The molecule has 0 amide bonds. The van der Waals surface area contributed by atoms with Gasteiger partial charge in [0.1, 0.15) is 0 Å². The van der Waals surface area contributed by atoms with Crippen LogP contribution >= 0.6 is 7.60 Å². The first-order chi connectivity index (χ1) is 6.52. The molecule has 0 spiro atoms. The minimum Gasteiger partial charge on any atom is -0.320 e. The van der Waals surface area contributed by atoms with Gasteiger partial charge in [-0.2, -0.15) is 8.78 Å². The highest BCUT2D eigenvalue weighted by molar-refractivity contribution is 7.53. The van der Waals surface area contributed by atoms with Crippen molar-refractivity contribution in [3.8, 4) is 0 Å². The van der Waals surface area contributed by atoms with E-state index in [1.165, 1.54) is 0 Å². The van der Waals surface area contributed by atoms with Gasteiger partial charge in [0.2, 0.25) is 0 Å². The van der Waals surface area contributed by atoms with Gasteiger partial charge in [0.15, 0.2) is 0 Å². The Labute approximate surface area is 79.9 Å². The zero-order valence-electron chi connectivity index (χ0n) is 7.14. The van der Waals surface area contributed by atoms with Crippen LogP contribution in [0.15, 0.2) is 30.3 Å². The van der Waals surface area contributed by atoms with Gasteiger partial charge in [0, 0.05) is 0 Å². The summed E-state index contributed by atoms with van der Waals surface area (Å²) in [5.41, 5.74) is 0.572. The summed E-state index contributed by atoms with van der Waals surface area (Å²) in [6, 6.07) is 8.35. The Balaban J connectivity index is 2.54. The van der Waals surface area contributed by atoms with E-state index in [1.54, 1.807) is 30.3 Å². The fourth-order valence-corrected chi connectivity index (χ4v) is 1.24. The number of hydrogen-bond donors (Lipinski definition) is 1. The normalized spacial score (nSPS) is 15.4. The highest BCUT2D eigenvalue weighted by Crippen LogP contribution is 2.49. The highest BCUT2D eigenvalue weighted by Gasteiger charge is 2.32. The second kappa shape index (κ2) is 4.64. The molecule has 0 aliphatic heterocycles. The van der Waals surface area contributed by atoms with E-state index in [1.807, 2.05) is 0 Å². The zero-order chi connectivity index (χ0) is 10.6. The lowest BCUT2D eigenvalue weighted by atomic mass is 10.2. The summed E-state index contributed by atoms with van der Waals surface area (Å²) >= 11 is 0. The molecule has 0 aliphatic rings. The molecule has 0 bridgehead atoms. The van der Waals surface area contributed by atoms with Gasteiger partial charge in [0.05, 0.1) is 6.61 Å². The van der Waals surface area contributed by atoms with Crippen molar-refractivity contribution in [1.82, 2.24) is 0 Å². The molecule has 1 N–H and O–H groups in total. The number of halogens is 2. The standard InChI is InChI=1S/C8H9F2O3P/c9-8(10)14(11,12)13-6-7-4-2-1-3-5-7/h1-5,8H,6H2,(H,11,12). The summed E-state index contributed by atoms with van der Waals surface area (Å²) in [7, 11) is -4.76. The van der Waals surface area contributed by atoms with Crippen LogP contribution in [0.3, 0.4) is 0 Å². The molecule has 0 heterocycles.